The third-order valence-corrected chi connectivity index (χ3v) is 2.08. The maximum Gasteiger partial charge on any atom is 0.303 e. The molecule has 5 nitrogen and oxygen atoms in total. The summed E-state index contributed by atoms with van der Waals surface area (Å²) in [6, 6.07) is 0. The summed E-state index contributed by atoms with van der Waals surface area (Å²) >= 11 is 0. The van der Waals surface area contributed by atoms with Gasteiger partial charge >= 0.3 is 11.9 Å². The van der Waals surface area contributed by atoms with Crippen molar-refractivity contribution in [1.29, 1.82) is 0 Å². The molecule has 3 atom stereocenters. The Morgan fingerprint density at radius 3 is 2.50 bits per heavy atom. The van der Waals surface area contributed by atoms with E-state index >= 15 is 0 Å². The maximum atomic E-state index is 10.9. The zero-order chi connectivity index (χ0) is 12.1. The molecule has 0 saturated heterocycles. The van der Waals surface area contributed by atoms with Crippen LogP contribution in [0.5, 0.6) is 0 Å². The second kappa shape index (κ2) is 5.65. The lowest BCUT2D eigenvalue weighted by atomic mass is 10.1. The van der Waals surface area contributed by atoms with Gasteiger partial charge in [0.2, 0.25) is 0 Å². The number of carbonyl (C=O) groups is 2. The molecule has 0 saturated carbocycles. The lowest BCUT2D eigenvalue weighted by Gasteiger charge is -2.29. The molecule has 0 aromatic carbocycles. The third-order valence-electron chi connectivity index (χ3n) is 2.08. The second-order valence-electron chi connectivity index (χ2n) is 3.64. The lowest BCUT2D eigenvalue weighted by Crippen LogP contribution is -2.40. The summed E-state index contributed by atoms with van der Waals surface area (Å²) in [5.74, 6) is -0.770. The number of rotatable bonds is 3. The van der Waals surface area contributed by atoms with Crippen LogP contribution in [-0.2, 0) is 23.8 Å². The van der Waals surface area contributed by atoms with Crippen molar-refractivity contribution in [3.05, 3.63) is 12.2 Å². The quantitative estimate of drug-likeness (QED) is 0.528. The second-order valence-corrected chi connectivity index (χ2v) is 3.64. The minimum atomic E-state index is -0.493. The number of hydrogen-bond acceptors (Lipinski definition) is 5. The number of esters is 2. The minimum Gasteiger partial charge on any atom is -0.463 e. The van der Waals surface area contributed by atoms with E-state index in [9.17, 15) is 9.59 Å². The molecule has 0 radical (unpaired) electrons. The molecule has 0 aromatic heterocycles. The summed E-state index contributed by atoms with van der Waals surface area (Å²) in [7, 11) is 0. The highest BCUT2D eigenvalue weighted by Crippen LogP contribution is 2.16. The SMILES string of the molecule is CC(=O)OC[C@H]1OC(C)C=C[C@H]1OC(C)=O. The summed E-state index contributed by atoms with van der Waals surface area (Å²) in [6.45, 7) is 4.60. The molecule has 0 N–H and O–H groups in total. The van der Waals surface area contributed by atoms with Gasteiger partial charge < -0.3 is 14.2 Å². The van der Waals surface area contributed by atoms with Crippen LogP contribution in [0.3, 0.4) is 0 Å². The average Bonchev–Trinajstić information content (AvgIpc) is 2.17. The Morgan fingerprint density at radius 2 is 1.94 bits per heavy atom. The molecule has 0 spiro atoms. The van der Waals surface area contributed by atoms with Crippen molar-refractivity contribution in [2.45, 2.75) is 39.1 Å². The minimum absolute atomic E-state index is 0.0765. The van der Waals surface area contributed by atoms with Crippen LogP contribution < -0.4 is 0 Å². The molecule has 90 valence electrons. The summed E-state index contributed by atoms with van der Waals surface area (Å²) in [4.78, 5) is 21.6. The molecule has 1 rings (SSSR count). The predicted molar refractivity (Wildman–Crippen MR) is 55.7 cm³/mol. The maximum absolute atomic E-state index is 10.9. The zero-order valence-corrected chi connectivity index (χ0v) is 9.64. The first-order valence-corrected chi connectivity index (χ1v) is 5.13. The Balaban J connectivity index is 2.58. The van der Waals surface area contributed by atoms with E-state index in [-0.39, 0.29) is 24.6 Å². The fourth-order valence-corrected chi connectivity index (χ4v) is 1.43. The molecule has 0 amide bonds. The van der Waals surface area contributed by atoms with E-state index in [4.69, 9.17) is 14.2 Å². The van der Waals surface area contributed by atoms with Crippen molar-refractivity contribution < 1.29 is 23.8 Å². The van der Waals surface area contributed by atoms with E-state index in [1.165, 1.54) is 13.8 Å². The fraction of sp³-hybridized carbons (Fsp3) is 0.636. The molecular weight excluding hydrogens is 212 g/mol. The molecule has 0 aliphatic carbocycles. The summed E-state index contributed by atoms with van der Waals surface area (Å²) < 4.78 is 15.4. The fourth-order valence-electron chi connectivity index (χ4n) is 1.43. The van der Waals surface area contributed by atoms with Gasteiger partial charge in [-0.2, -0.15) is 0 Å². The van der Waals surface area contributed by atoms with Gasteiger partial charge in [-0.25, -0.2) is 0 Å². The van der Waals surface area contributed by atoms with Crippen LogP contribution >= 0.6 is 0 Å². The zero-order valence-electron chi connectivity index (χ0n) is 9.64. The van der Waals surface area contributed by atoms with Gasteiger partial charge in [-0.1, -0.05) is 6.08 Å². The number of hydrogen-bond donors (Lipinski definition) is 0. The molecule has 0 fully saturated rings. The van der Waals surface area contributed by atoms with E-state index in [0.717, 1.165) is 0 Å². The molecule has 0 aromatic rings. The first-order valence-electron chi connectivity index (χ1n) is 5.13. The monoisotopic (exact) mass is 228 g/mol. The van der Waals surface area contributed by atoms with Crippen LogP contribution in [0, 0.1) is 0 Å². The highest BCUT2D eigenvalue weighted by molar-refractivity contribution is 5.66. The van der Waals surface area contributed by atoms with Gasteiger partial charge in [-0.05, 0) is 13.0 Å². The third kappa shape index (κ3) is 4.02. The van der Waals surface area contributed by atoms with E-state index < -0.39 is 12.2 Å². The van der Waals surface area contributed by atoms with Gasteiger partial charge in [-0.3, -0.25) is 9.59 Å². The van der Waals surface area contributed by atoms with Crippen LogP contribution in [0.25, 0.3) is 0 Å². The Hall–Kier alpha value is -1.36. The lowest BCUT2D eigenvalue weighted by molar-refractivity contribution is -0.162. The molecule has 1 aliphatic heterocycles. The summed E-state index contributed by atoms with van der Waals surface area (Å²) in [5, 5.41) is 0. The van der Waals surface area contributed by atoms with Gasteiger partial charge in [0, 0.05) is 13.8 Å². The number of ether oxygens (including phenoxy) is 3. The highest BCUT2D eigenvalue weighted by atomic mass is 16.6. The molecule has 1 unspecified atom stereocenters. The van der Waals surface area contributed by atoms with Crippen LogP contribution in [0.15, 0.2) is 12.2 Å². The Morgan fingerprint density at radius 1 is 1.25 bits per heavy atom. The molecule has 5 heteroatoms. The smallest absolute Gasteiger partial charge is 0.303 e. The van der Waals surface area contributed by atoms with Crippen LogP contribution in [-0.4, -0.2) is 36.9 Å². The topological polar surface area (TPSA) is 61.8 Å². The van der Waals surface area contributed by atoms with E-state index in [2.05, 4.69) is 0 Å². The normalized spacial score (nSPS) is 28.6. The molecule has 0 bridgehead atoms. The van der Waals surface area contributed by atoms with E-state index in [1.54, 1.807) is 12.2 Å². The van der Waals surface area contributed by atoms with Crippen molar-refractivity contribution in [2.24, 2.45) is 0 Å². The Labute approximate surface area is 94.4 Å². The average molecular weight is 228 g/mol. The van der Waals surface area contributed by atoms with Crippen molar-refractivity contribution >= 4 is 11.9 Å². The van der Waals surface area contributed by atoms with Crippen molar-refractivity contribution in [3.8, 4) is 0 Å². The summed E-state index contributed by atoms with van der Waals surface area (Å²) in [6.07, 6.45) is 2.55. The Kier molecular flexibility index (Phi) is 4.49. The van der Waals surface area contributed by atoms with E-state index in [0.29, 0.717) is 0 Å². The van der Waals surface area contributed by atoms with Crippen molar-refractivity contribution in [3.63, 3.8) is 0 Å². The van der Waals surface area contributed by atoms with Crippen molar-refractivity contribution in [2.75, 3.05) is 6.61 Å². The van der Waals surface area contributed by atoms with Gasteiger partial charge in [0.05, 0.1) is 6.10 Å². The number of carbonyl (C=O) groups excluding carboxylic acids is 2. The van der Waals surface area contributed by atoms with Gasteiger partial charge in [-0.15, -0.1) is 0 Å². The molecule has 1 heterocycles. The largest absolute Gasteiger partial charge is 0.463 e. The highest BCUT2D eigenvalue weighted by Gasteiger charge is 2.28. The Bertz CT molecular complexity index is 297. The molecular formula is C11H16O5. The standard InChI is InChI=1S/C11H16O5/c1-7-4-5-10(16-9(3)13)11(15-7)6-14-8(2)12/h4-5,7,10-11H,6H2,1-3H3/t7?,10-,11-/m1/s1. The molecule has 16 heavy (non-hydrogen) atoms. The summed E-state index contributed by atoms with van der Waals surface area (Å²) in [5.41, 5.74) is 0. The first kappa shape index (κ1) is 12.7. The van der Waals surface area contributed by atoms with Crippen LogP contribution in [0.2, 0.25) is 0 Å². The van der Waals surface area contributed by atoms with Crippen LogP contribution in [0.1, 0.15) is 20.8 Å². The van der Waals surface area contributed by atoms with Crippen molar-refractivity contribution in [1.82, 2.24) is 0 Å². The van der Waals surface area contributed by atoms with Gasteiger partial charge in [0.15, 0.2) is 0 Å². The predicted octanol–water partition coefficient (Wildman–Crippen LogP) is 0.825. The first-order chi connectivity index (χ1) is 7.49. The molecule has 1 aliphatic rings. The van der Waals surface area contributed by atoms with Gasteiger partial charge in [0.25, 0.3) is 0 Å². The van der Waals surface area contributed by atoms with Gasteiger partial charge in [0.1, 0.15) is 18.8 Å². The van der Waals surface area contributed by atoms with Crippen LogP contribution in [0.4, 0.5) is 0 Å². The van der Waals surface area contributed by atoms with E-state index in [1.807, 2.05) is 6.92 Å².